The summed E-state index contributed by atoms with van der Waals surface area (Å²) >= 11 is 6.33. The van der Waals surface area contributed by atoms with Crippen LogP contribution in [0, 0.1) is 11.7 Å². The summed E-state index contributed by atoms with van der Waals surface area (Å²) in [5.41, 5.74) is 5.56. The Hall–Kier alpha value is -4.32. The van der Waals surface area contributed by atoms with Crippen molar-refractivity contribution in [1.82, 2.24) is 25.0 Å². The van der Waals surface area contributed by atoms with Crippen LogP contribution in [-0.4, -0.2) is 30.9 Å². The van der Waals surface area contributed by atoms with Crippen LogP contribution >= 0.6 is 11.6 Å². The number of amides is 1. The van der Waals surface area contributed by atoms with E-state index in [0.29, 0.717) is 27.9 Å². The molecule has 0 aliphatic heterocycles. The van der Waals surface area contributed by atoms with Gasteiger partial charge in [-0.3, -0.25) is 9.78 Å². The highest BCUT2D eigenvalue weighted by molar-refractivity contribution is 6.34. The van der Waals surface area contributed by atoms with Crippen molar-refractivity contribution in [3.05, 3.63) is 82.8 Å². The molecule has 0 atom stereocenters. The molecule has 1 amide bonds. The van der Waals surface area contributed by atoms with Gasteiger partial charge in [-0.15, -0.1) is 4.80 Å². The van der Waals surface area contributed by atoms with Gasteiger partial charge in [-0.25, -0.2) is 9.37 Å². The van der Waals surface area contributed by atoms with E-state index in [1.807, 2.05) is 12.2 Å². The lowest BCUT2D eigenvalue weighted by Gasteiger charge is -2.15. The van der Waals surface area contributed by atoms with E-state index < -0.39 is 29.3 Å². The lowest BCUT2D eigenvalue weighted by Crippen LogP contribution is -2.17. The lowest BCUT2D eigenvalue weighted by molar-refractivity contribution is -0.137. The molecule has 0 unspecified atom stereocenters. The van der Waals surface area contributed by atoms with Gasteiger partial charge >= 0.3 is 6.18 Å². The van der Waals surface area contributed by atoms with Gasteiger partial charge in [-0.2, -0.15) is 23.4 Å². The summed E-state index contributed by atoms with van der Waals surface area (Å²) in [5, 5.41) is 9.49. The summed E-state index contributed by atoms with van der Waals surface area (Å²) in [5.74, 6) is -1.85. The molecule has 0 bridgehead atoms. The molecule has 0 saturated heterocycles. The van der Waals surface area contributed by atoms with Crippen LogP contribution in [0.25, 0.3) is 23.0 Å². The maximum atomic E-state index is 15.3. The van der Waals surface area contributed by atoms with E-state index in [1.54, 1.807) is 6.20 Å². The number of nitrogens with one attached hydrogen (secondary N) is 1. The Kier molecular flexibility index (Phi) is 6.57. The predicted octanol–water partition coefficient (Wildman–Crippen LogP) is 5.79. The minimum absolute atomic E-state index is 0.0546. The third kappa shape index (κ3) is 5.21. The molecule has 13 heteroatoms. The first-order valence-electron chi connectivity index (χ1n) is 11.3. The minimum Gasteiger partial charge on any atom is -0.397 e. The van der Waals surface area contributed by atoms with Crippen molar-refractivity contribution in [1.29, 1.82) is 0 Å². The van der Waals surface area contributed by atoms with Gasteiger partial charge < -0.3 is 11.1 Å². The number of halogens is 5. The Morgan fingerprint density at radius 1 is 1.13 bits per heavy atom. The van der Waals surface area contributed by atoms with Crippen molar-refractivity contribution < 1.29 is 22.4 Å². The maximum Gasteiger partial charge on any atom is 0.420 e. The van der Waals surface area contributed by atoms with Crippen LogP contribution in [-0.2, 0) is 6.18 Å². The van der Waals surface area contributed by atoms with Crippen molar-refractivity contribution >= 4 is 35.0 Å². The number of nitrogen functional groups attached to an aromatic ring is 1. The van der Waals surface area contributed by atoms with E-state index in [2.05, 4.69) is 25.5 Å². The van der Waals surface area contributed by atoms with Gasteiger partial charge in [0.05, 0.1) is 46.7 Å². The zero-order chi connectivity index (χ0) is 27.0. The largest absolute Gasteiger partial charge is 0.420 e. The monoisotopic (exact) mass is 543 g/mol. The molecule has 194 valence electrons. The number of allylic oxidation sites excluding steroid dienone is 1. The van der Waals surface area contributed by atoms with Crippen LogP contribution in [0.2, 0.25) is 5.02 Å². The minimum atomic E-state index is -4.82. The Bertz CT molecular complexity index is 1550. The second-order valence-corrected chi connectivity index (χ2v) is 8.97. The molecule has 38 heavy (non-hydrogen) atoms. The number of rotatable bonds is 6. The summed E-state index contributed by atoms with van der Waals surface area (Å²) in [6, 6.07) is 2.83. The molecule has 1 aliphatic rings. The maximum absolute atomic E-state index is 15.3. The van der Waals surface area contributed by atoms with E-state index in [-0.39, 0.29) is 27.5 Å². The van der Waals surface area contributed by atoms with Crippen LogP contribution in [0.5, 0.6) is 0 Å². The molecular formula is C25H18ClF4N7O. The summed E-state index contributed by atoms with van der Waals surface area (Å²) in [4.78, 5) is 21.4. The predicted molar refractivity (Wildman–Crippen MR) is 133 cm³/mol. The van der Waals surface area contributed by atoms with Gasteiger partial charge in [0.25, 0.3) is 5.91 Å². The molecule has 1 saturated carbocycles. The summed E-state index contributed by atoms with van der Waals surface area (Å²) in [7, 11) is 0. The number of carbonyl (C=O) groups excluding carboxylic acids is 1. The van der Waals surface area contributed by atoms with Gasteiger partial charge in [0.1, 0.15) is 11.4 Å². The van der Waals surface area contributed by atoms with Gasteiger partial charge in [0, 0.05) is 22.9 Å². The number of nitrogens with two attached hydrogens (primary N) is 1. The summed E-state index contributed by atoms with van der Waals surface area (Å²) < 4.78 is 56.3. The van der Waals surface area contributed by atoms with Gasteiger partial charge in [0.15, 0.2) is 5.82 Å². The molecule has 1 aliphatic carbocycles. The first-order valence-corrected chi connectivity index (χ1v) is 11.7. The van der Waals surface area contributed by atoms with Crippen molar-refractivity contribution in [3.63, 3.8) is 0 Å². The second-order valence-electron chi connectivity index (χ2n) is 8.57. The van der Waals surface area contributed by atoms with Crippen molar-refractivity contribution in [2.24, 2.45) is 5.92 Å². The highest BCUT2D eigenvalue weighted by Gasteiger charge is 2.36. The third-order valence-corrected chi connectivity index (χ3v) is 6.10. The normalized spacial score (nSPS) is 13.7. The van der Waals surface area contributed by atoms with Crippen LogP contribution in [0.1, 0.15) is 34.3 Å². The number of benzene rings is 1. The second kappa shape index (κ2) is 9.86. The van der Waals surface area contributed by atoms with Crippen LogP contribution in [0.15, 0.2) is 55.3 Å². The van der Waals surface area contributed by atoms with Crippen LogP contribution < -0.4 is 11.1 Å². The molecule has 3 aromatic heterocycles. The number of pyridine rings is 2. The van der Waals surface area contributed by atoms with Crippen LogP contribution in [0.3, 0.4) is 0 Å². The Morgan fingerprint density at radius 2 is 1.87 bits per heavy atom. The molecule has 1 fully saturated rings. The van der Waals surface area contributed by atoms with E-state index in [9.17, 15) is 18.0 Å². The fraction of sp³-hybridized carbons (Fsp3) is 0.160. The van der Waals surface area contributed by atoms with Crippen LogP contribution in [0.4, 0.5) is 28.9 Å². The molecule has 1 aromatic carbocycles. The molecule has 3 N–H and O–H groups in total. The number of hydrogen-bond donors (Lipinski definition) is 2. The average molecular weight is 544 g/mol. The molecular weight excluding hydrogens is 526 g/mol. The number of hydrogen-bond acceptors (Lipinski definition) is 6. The number of anilines is 2. The van der Waals surface area contributed by atoms with Crippen molar-refractivity contribution in [2.45, 2.75) is 19.0 Å². The highest BCUT2D eigenvalue weighted by Crippen LogP contribution is 2.38. The Balaban J connectivity index is 1.46. The fourth-order valence-electron chi connectivity index (χ4n) is 3.79. The van der Waals surface area contributed by atoms with Gasteiger partial charge in [-0.05, 0) is 37.0 Å². The molecule has 8 nitrogen and oxygen atoms in total. The standard InChI is InChI=1S/C25H18ClF4N7O/c26-19-8-17(22-14(4-3-13-1-2-13)10-32-12-21(22)31)20(27)9-16(19)24(38)36-15-7-18(25(28,29)30)23(33-11-15)37-34-5-6-35-37/h3-13H,1-2,31H2,(H,36,38)/b4-3+. The molecule has 5 rings (SSSR count). The first-order chi connectivity index (χ1) is 18.1. The average Bonchev–Trinajstić information content (AvgIpc) is 3.54. The van der Waals surface area contributed by atoms with Crippen molar-refractivity contribution in [3.8, 4) is 16.9 Å². The quantitative estimate of drug-likeness (QED) is 0.298. The number of carbonyl (C=O) groups is 1. The van der Waals surface area contributed by atoms with E-state index >= 15 is 4.39 Å². The molecule has 3 heterocycles. The number of alkyl halides is 3. The van der Waals surface area contributed by atoms with E-state index in [4.69, 9.17) is 17.3 Å². The zero-order valence-corrected chi connectivity index (χ0v) is 20.1. The first kappa shape index (κ1) is 25.3. The fourth-order valence-corrected chi connectivity index (χ4v) is 4.04. The van der Waals surface area contributed by atoms with E-state index in [0.717, 1.165) is 25.1 Å². The third-order valence-electron chi connectivity index (χ3n) is 5.78. The zero-order valence-electron chi connectivity index (χ0n) is 19.4. The topological polar surface area (TPSA) is 112 Å². The SMILES string of the molecule is Nc1cncc(/C=C/C2CC2)c1-c1cc(Cl)c(C(=O)Nc2cnc(-n3nccn3)c(C(F)(F)F)c2)cc1F. The smallest absolute Gasteiger partial charge is 0.397 e. The van der Waals surface area contributed by atoms with Gasteiger partial charge in [0.2, 0.25) is 0 Å². The lowest BCUT2D eigenvalue weighted by atomic mass is 9.97. The Morgan fingerprint density at radius 3 is 2.55 bits per heavy atom. The molecule has 0 spiro atoms. The Labute approximate surface area is 218 Å². The van der Waals surface area contributed by atoms with E-state index in [1.165, 1.54) is 24.7 Å². The van der Waals surface area contributed by atoms with Gasteiger partial charge in [-0.1, -0.05) is 23.8 Å². The highest BCUT2D eigenvalue weighted by atomic mass is 35.5. The molecule has 4 aromatic rings. The number of aromatic nitrogens is 5. The summed E-state index contributed by atoms with van der Waals surface area (Å²) in [6.07, 6.45) is 7.48. The summed E-state index contributed by atoms with van der Waals surface area (Å²) in [6.45, 7) is 0. The van der Waals surface area contributed by atoms with Crippen molar-refractivity contribution in [2.75, 3.05) is 11.1 Å². The molecule has 0 radical (unpaired) electrons. The number of nitrogens with zero attached hydrogens (tertiary/aromatic N) is 5.